The summed E-state index contributed by atoms with van der Waals surface area (Å²) in [5.74, 6) is -0.455. The van der Waals surface area contributed by atoms with Gasteiger partial charge in [-0.15, -0.1) is 0 Å². The third-order valence-corrected chi connectivity index (χ3v) is 1.50. The van der Waals surface area contributed by atoms with Gasteiger partial charge in [0.2, 0.25) is 5.91 Å². The second-order valence-corrected chi connectivity index (χ2v) is 3.04. The molecule has 0 aliphatic carbocycles. The minimum Gasteiger partial charge on any atom is -0.395 e. The molecule has 14 heavy (non-hydrogen) atoms. The lowest BCUT2D eigenvalue weighted by atomic mass is 10.3. The van der Waals surface area contributed by atoms with Gasteiger partial charge in [0.1, 0.15) is 6.10 Å². The molecule has 1 amide bonds. The molecule has 3 N–H and O–H groups in total. The summed E-state index contributed by atoms with van der Waals surface area (Å²) >= 11 is 0. The van der Waals surface area contributed by atoms with E-state index in [2.05, 4.69) is 19.2 Å². The molecule has 4 heteroatoms. The first-order valence-corrected chi connectivity index (χ1v) is 5.16. The summed E-state index contributed by atoms with van der Waals surface area (Å²) in [5, 5.41) is 19.0. The Kier molecular flexibility index (Phi) is 14.0. The van der Waals surface area contributed by atoms with Crippen molar-refractivity contribution in [3.05, 3.63) is 0 Å². The van der Waals surface area contributed by atoms with Gasteiger partial charge in [0, 0.05) is 6.54 Å². The smallest absolute Gasteiger partial charge is 0.248 e. The number of nitrogens with one attached hydrogen (secondary N) is 1. The van der Waals surface area contributed by atoms with Gasteiger partial charge < -0.3 is 15.5 Å². The highest BCUT2D eigenvalue weighted by Gasteiger charge is 2.05. The van der Waals surface area contributed by atoms with Gasteiger partial charge in [-0.2, -0.15) is 0 Å². The van der Waals surface area contributed by atoms with Crippen molar-refractivity contribution in [3.8, 4) is 0 Å². The quantitative estimate of drug-likeness (QED) is 0.618. The van der Waals surface area contributed by atoms with Crippen LogP contribution >= 0.6 is 0 Å². The van der Waals surface area contributed by atoms with Crippen molar-refractivity contribution in [1.29, 1.82) is 0 Å². The van der Waals surface area contributed by atoms with E-state index in [9.17, 15) is 4.79 Å². The highest BCUT2D eigenvalue weighted by molar-refractivity contribution is 5.79. The summed E-state index contributed by atoms with van der Waals surface area (Å²) in [5.41, 5.74) is 0. The van der Waals surface area contributed by atoms with Crippen LogP contribution < -0.4 is 5.32 Å². The third-order valence-electron chi connectivity index (χ3n) is 1.50. The maximum atomic E-state index is 10.4. The summed E-state index contributed by atoms with van der Waals surface area (Å²) in [7, 11) is 0. The fraction of sp³-hybridized carbons (Fsp3) is 0.900. The van der Waals surface area contributed by atoms with Crippen molar-refractivity contribution < 1.29 is 15.0 Å². The first kappa shape index (κ1) is 15.8. The van der Waals surface area contributed by atoms with Crippen LogP contribution in [0.3, 0.4) is 0 Å². The van der Waals surface area contributed by atoms with E-state index in [1.165, 1.54) is 26.2 Å². The third kappa shape index (κ3) is 13.9. The van der Waals surface area contributed by atoms with E-state index in [-0.39, 0.29) is 13.2 Å². The van der Waals surface area contributed by atoms with E-state index < -0.39 is 12.0 Å². The Balaban J connectivity index is 0. The number of rotatable bonds is 5. The number of amides is 1. The fourth-order valence-electron chi connectivity index (χ4n) is 0.680. The Hall–Kier alpha value is -0.610. The fourth-order valence-corrected chi connectivity index (χ4v) is 0.680. The zero-order chi connectivity index (χ0) is 11.4. The second kappa shape index (κ2) is 12.4. The summed E-state index contributed by atoms with van der Waals surface area (Å²) in [6, 6.07) is 0. The number of aliphatic hydroxyl groups is 2. The van der Waals surface area contributed by atoms with Crippen LogP contribution in [-0.2, 0) is 4.79 Å². The van der Waals surface area contributed by atoms with Crippen LogP contribution in [0.4, 0.5) is 0 Å². The molecule has 0 fully saturated rings. The largest absolute Gasteiger partial charge is 0.395 e. The van der Waals surface area contributed by atoms with Gasteiger partial charge in [-0.3, -0.25) is 4.79 Å². The van der Waals surface area contributed by atoms with Crippen LogP contribution in [0.25, 0.3) is 0 Å². The predicted octanol–water partition coefficient (Wildman–Crippen LogP) is 0.672. The van der Waals surface area contributed by atoms with E-state index in [1.54, 1.807) is 0 Å². The second-order valence-electron chi connectivity index (χ2n) is 3.04. The Morgan fingerprint density at radius 1 is 1.36 bits per heavy atom. The molecular formula is C10H23NO3. The van der Waals surface area contributed by atoms with Crippen molar-refractivity contribution >= 4 is 5.91 Å². The van der Waals surface area contributed by atoms with Crippen LogP contribution in [-0.4, -0.2) is 35.4 Å². The maximum Gasteiger partial charge on any atom is 0.248 e. The molecule has 0 saturated carbocycles. The first-order chi connectivity index (χ1) is 6.59. The van der Waals surface area contributed by atoms with Gasteiger partial charge in [-0.05, 0) is 6.92 Å². The van der Waals surface area contributed by atoms with Gasteiger partial charge in [0.05, 0.1) is 6.61 Å². The predicted molar refractivity (Wildman–Crippen MR) is 57.0 cm³/mol. The molecule has 0 heterocycles. The van der Waals surface area contributed by atoms with Crippen LogP contribution in [0.5, 0.6) is 0 Å². The number of unbranched alkanes of at least 4 members (excludes halogenated alkanes) is 2. The maximum absolute atomic E-state index is 10.4. The summed E-state index contributed by atoms with van der Waals surface area (Å²) in [4.78, 5) is 10.4. The Morgan fingerprint density at radius 3 is 2.07 bits per heavy atom. The van der Waals surface area contributed by atoms with Crippen LogP contribution in [0.15, 0.2) is 0 Å². The number of carbonyl (C=O) groups excluding carboxylic acids is 1. The van der Waals surface area contributed by atoms with E-state index in [0.717, 1.165) is 0 Å². The van der Waals surface area contributed by atoms with Crippen LogP contribution in [0, 0.1) is 0 Å². The molecular weight excluding hydrogens is 182 g/mol. The van der Waals surface area contributed by atoms with Crippen LogP contribution in [0.1, 0.15) is 40.0 Å². The van der Waals surface area contributed by atoms with Crippen molar-refractivity contribution in [2.45, 2.75) is 46.1 Å². The van der Waals surface area contributed by atoms with E-state index >= 15 is 0 Å². The Morgan fingerprint density at radius 2 is 1.86 bits per heavy atom. The van der Waals surface area contributed by atoms with Gasteiger partial charge in [-0.1, -0.05) is 33.1 Å². The highest BCUT2D eigenvalue weighted by Crippen LogP contribution is 1.88. The molecule has 0 radical (unpaired) electrons. The first-order valence-electron chi connectivity index (χ1n) is 5.16. The average molecular weight is 205 g/mol. The number of carbonyl (C=O) groups is 1. The normalized spacial score (nSPS) is 11.2. The minimum absolute atomic E-state index is 0.0987. The van der Waals surface area contributed by atoms with Crippen molar-refractivity contribution in [1.82, 2.24) is 5.32 Å². The molecule has 0 aromatic rings. The lowest BCUT2D eigenvalue weighted by Crippen LogP contribution is -2.34. The van der Waals surface area contributed by atoms with E-state index in [0.29, 0.717) is 0 Å². The molecule has 1 unspecified atom stereocenters. The molecule has 4 nitrogen and oxygen atoms in total. The SMILES string of the molecule is CC(O)C(=O)NCCO.CCCCC. The molecule has 0 aromatic heterocycles. The molecule has 86 valence electrons. The molecule has 0 saturated heterocycles. The van der Waals surface area contributed by atoms with Gasteiger partial charge in [0.15, 0.2) is 0 Å². The minimum atomic E-state index is -0.989. The van der Waals surface area contributed by atoms with Crippen molar-refractivity contribution in [3.63, 3.8) is 0 Å². The molecule has 0 aromatic carbocycles. The standard InChI is InChI=1S/C5H11NO3.C5H12/c1-4(8)5(9)6-2-3-7;1-3-5-4-2/h4,7-8H,2-3H2,1H3,(H,6,9);3-5H2,1-2H3. The number of hydrogen-bond acceptors (Lipinski definition) is 3. The van der Waals surface area contributed by atoms with E-state index in [4.69, 9.17) is 10.2 Å². The molecule has 0 rings (SSSR count). The zero-order valence-corrected chi connectivity index (χ0v) is 9.42. The lowest BCUT2D eigenvalue weighted by molar-refractivity contribution is -0.128. The molecule has 1 atom stereocenters. The highest BCUT2D eigenvalue weighted by atomic mass is 16.3. The van der Waals surface area contributed by atoms with Crippen LogP contribution in [0.2, 0.25) is 0 Å². The summed E-state index contributed by atoms with van der Waals surface area (Å²) in [6.07, 6.45) is 3.09. The number of hydrogen-bond donors (Lipinski definition) is 3. The Bertz CT molecular complexity index is 125. The van der Waals surface area contributed by atoms with E-state index in [1.807, 2.05) is 0 Å². The molecule has 0 aliphatic rings. The summed E-state index contributed by atoms with van der Waals surface area (Å²) < 4.78 is 0. The van der Waals surface area contributed by atoms with Crippen molar-refractivity contribution in [2.24, 2.45) is 0 Å². The molecule has 0 bridgehead atoms. The molecule has 0 aliphatic heterocycles. The zero-order valence-electron chi connectivity index (χ0n) is 9.42. The topological polar surface area (TPSA) is 69.6 Å². The number of aliphatic hydroxyl groups excluding tert-OH is 2. The van der Waals surface area contributed by atoms with Gasteiger partial charge in [0.25, 0.3) is 0 Å². The summed E-state index contributed by atoms with van der Waals surface area (Å²) in [6.45, 7) is 5.89. The Labute approximate surface area is 86.3 Å². The average Bonchev–Trinajstić information content (AvgIpc) is 2.16. The van der Waals surface area contributed by atoms with Gasteiger partial charge in [-0.25, -0.2) is 0 Å². The van der Waals surface area contributed by atoms with Gasteiger partial charge >= 0.3 is 0 Å². The molecule has 0 spiro atoms. The monoisotopic (exact) mass is 205 g/mol. The van der Waals surface area contributed by atoms with Crippen molar-refractivity contribution in [2.75, 3.05) is 13.2 Å². The lowest BCUT2D eigenvalue weighted by Gasteiger charge is -2.03.